The van der Waals surface area contributed by atoms with Crippen LogP contribution in [0.15, 0.2) is 61.2 Å². The Hall–Kier alpha value is -2.66. The van der Waals surface area contributed by atoms with Crippen molar-refractivity contribution < 1.29 is 4.74 Å². The molecule has 0 saturated carbocycles. The lowest BCUT2D eigenvalue weighted by Gasteiger charge is -2.32. The lowest BCUT2D eigenvalue weighted by Crippen LogP contribution is -2.33. The van der Waals surface area contributed by atoms with E-state index in [1.807, 2.05) is 36.8 Å². The largest absolute Gasteiger partial charge is 0.489 e. The van der Waals surface area contributed by atoms with Crippen LogP contribution in [0.5, 0.6) is 5.75 Å². The zero-order chi connectivity index (χ0) is 17.6. The smallest absolute Gasteiger partial charge is 0.124 e. The first-order chi connectivity index (χ1) is 12.9. The normalized spacial score (nSPS) is 17.9. The van der Waals surface area contributed by atoms with Crippen molar-refractivity contribution in [3.05, 3.63) is 77.9 Å². The van der Waals surface area contributed by atoms with Gasteiger partial charge in [-0.2, -0.15) is 5.10 Å². The SMILES string of the molecule is c1cncc(COc2ccccc2CN2CCC[C@@H](c3cn[nH]c3)C2)c1. The van der Waals surface area contributed by atoms with E-state index in [9.17, 15) is 0 Å². The summed E-state index contributed by atoms with van der Waals surface area (Å²) in [5.41, 5.74) is 3.64. The molecule has 0 amide bonds. The Morgan fingerprint density at radius 2 is 2.12 bits per heavy atom. The zero-order valence-electron chi connectivity index (χ0n) is 14.8. The number of pyridine rings is 1. The summed E-state index contributed by atoms with van der Waals surface area (Å²) in [4.78, 5) is 6.67. The van der Waals surface area contributed by atoms with Crippen LogP contribution in [-0.4, -0.2) is 33.2 Å². The van der Waals surface area contributed by atoms with Gasteiger partial charge in [0, 0.05) is 42.8 Å². The maximum absolute atomic E-state index is 6.08. The van der Waals surface area contributed by atoms with E-state index in [1.54, 1.807) is 6.20 Å². The van der Waals surface area contributed by atoms with Gasteiger partial charge < -0.3 is 4.74 Å². The molecular weight excluding hydrogens is 324 g/mol. The Kier molecular flexibility index (Phi) is 5.26. The topological polar surface area (TPSA) is 54.0 Å². The number of hydrogen-bond donors (Lipinski definition) is 1. The molecule has 134 valence electrons. The fourth-order valence-electron chi connectivity index (χ4n) is 3.62. The van der Waals surface area contributed by atoms with E-state index in [1.165, 1.54) is 24.0 Å². The third-order valence-corrected chi connectivity index (χ3v) is 4.98. The van der Waals surface area contributed by atoms with Crippen LogP contribution in [0.4, 0.5) is 0 Å². The third kappa shape index (κ3) is 4.11. The van der Waals surface area contributed by atoms with Crippen LogP contribution in [0.2, 0.25) is 0 Å². The monoisotopic (exact) mass is 348 g/mol. The quantitative estimate of drug-likeness (QED) is 0.737. The van der Waals surface area contributed by atoms with Crippen molar-refractivity contribution >= 4 is 0 Å². The average Bonchev–Trinajstić information content (AvgIpc) is 3.23. The summed E-state index contributed by atoms with van der Waals surface area (Å²) in [6.07, 6.45) is 10.1. The molecule has 1 aliphatic rings. The minimum Gasteiger partial charge on any atom is -0.489 e. The molecule has 5 heteroatoms. The second kappa shape index (κ2) is 8.15. The summed E-state index contributed by atoms with van der Waals surface area (Å²) in [5.74, 6) is 1.52. The number of benzene rings is 1. The molecule has 0 radical (unpaired) electrons. The Balaban J connectivity index is 1.41. The predicted octanol–water partition coefficient (Wildman–Crippen LogP) is 3.76. The highest BCUT2D eigenvalue weighted by Crippen LogP contribution is 2.29. The van der Waals surface area contributed by atoms with Gasteiger partial charge >= 0.3 is 0 Å². The number of ether oxygens (including phenoxy) is 1. The van der Waals surface area contributed by atoms with E-state index in [0.29, 0.717) is 12.5 Å². The van der Waals surface area contributed by atoms with Crippen LogP contribution in [0.1, 0.15) is 35.4 Å². The maximum atomic E-state index is 6.08. The highest BCUT2D eigenvalue weighted by Gasteiger charge is 2.22. The number of nitrogens with one attached hydrogen (secondary N) is 1. The number of nitrogens with zero attached hydrogens (tertiary/aromatic N) is 3. The summed E-state index contributed by atoms with van der Waals surface area (Å²) in [6, 6.07) is 12.3. The van der Waals surface area contributed by atoms with E-state index in [0.717, 1.165) is 30.9 Å². The van der Waals surface area contributed by atoms with Crippen molar-refractivity contribution in [2.24, 2.45) is 0 Å². The van der Waals surface area contributed by atoms with Gasteiger partial charge in [0.1, 0.15) is 12.4 Å². The number of rotatable bonds is 6. The van der Waals surface area contributed by atoms with Gasteiger partial charge in [-0.15, -0.1) is 0 Å². The van der Waals surface area contributed by atoms with E-state index in [4.69, 9.17) is 4.74 Å². The zero-order valence-corrected chi connectivity index (χ0v) is 14.8. The number of para-hydroxylation sites is 1. The second-order valence-corrected chi connectivity index (χ2v) is 6.86. The Morgan fingerprint density at radius 3 is 2.96 bits per heavy atom. The van der Waals surface area contributed by atoms with Crippen molar-refractivity contribution in [2.75, 3.05) is 13.1 Å². The predicted molar refractivity (Wildman–Crippen MR) is 101 cm³/mol. The van der Waals surface area contributed by atoms with Crippen molar-refractivity contribution in [3.8, 4) is 5.75 Å². The second-order valence-electron chi connectivity index (χ2n) is 6.86. The molecule has 1 fully saturated rings. The molecule has 0 bridgehead atoms. The van der Waals surface area contributed by atoms with Crippen LogP contribution in [0.3, 0.4) is 0 Å². The Labute approximate surface area is 154 Å². The molecule has 3 aromatic rings. The van der Waals surface area contributed by atoms with E-state index < -0.39 is 0 Å². The molecule has 1 atom stereocenters. The van der Waals surface area contributed by atoms with E-state index in [2.05, 4.69) is 38.3 Å². The summed E-state index contributed by atoms with van der Waals surface area (Å²) in [6.45, 7) is 3.65. The lowest BCUT2D eigenvalue weighted by molar-refractivity contribution is 0.196. The molecule has 5 nitrogen and oxygen atoms in total. The van der Waals surface area contributed by atoms with Crippen LogP contribution >= 0.6 is 0 Å². The van der Waals surface area contributed by atoms with Crippen molar-refractivity contribution in [3.63, 3.8) is 0 Å². The third-order valence-electron chi connectivity index (χ3n) is 4.98. The first-order valence-electron chi connectivity index (χ1n) is 9.19. The van der Waals surface area contributed by atoms with Crippen LogP contribution < -0.4 is 4.74 Å². The Morgan fingerprint density at radius 1 is 1.15 bits per heavy atom. The van der Waals surface area contributed by atoms with Gasteiger partial charge in [-0.3, -0.25) is 15.0 Å². The molecule has 26 heavy (non-hydrogen) atoms. The molecule has 0 unspecified atom stereocenters. The van der Waals surface area contributed by atoms with Crippen LogP contribution in [-0.2, 0) is 13.2 Å². The van der Waals surface area contributed by atoms with Gasteiger partial charge in [-0.25, -0.2) is 0 Å². The fraction of sp³-hybridized carbons (Fsp3) is 0.333. The van der Waals surface area contributed by atoms with Crippen molar-refractivity contribution in [2.45, 2.75) is 31.9 Å². The summed E-state index contributed by atoms with van der Waals surface area (Å²) >= 11 is 0. The number of aromatic nitrogens is 3. The Bertz CT molecular complexity index is 804. The lowest BCUT2D eigenvalue weighted by atomic mass is 9.92. The van der Waals surface area contributed by atoms with Gasteiger partial charge in [0.15, 0.2) is 0 Å². The molecule has 1 N–H and O–H groups in total. The summed E-state index contributed by atoms with van der Waals surface area (Å²) in [7, 11) is 0. The minimum atomic E-state index is 0.544. The number of likely N-dealkylation sites (tertiary alicyclic amines) is 1. The maximum Gasteiger partial charge on any atom is 0.124 e. The van der Waals surface area contributed by atoms with Crippen LogP contribution in [0.25, 0.3) is 0 Å². The fourth-order valence-corrected chi connectivity index (χ4v) is 3.62. The first-order valence-corrected chi connectivity index (χ1v) is 9.19. The average molecular weight is 348 g/mol. The van der Waals surface area contributed by atoms with Gasteiger partial charge in [-0.1, -0.05) is 24.3 Å². The van der Waals surface area contributed by atoms with Gasteiger partial charge in [0.05, 0.1) is 6.20 Å². The van der Waals surface area contributed by atoms with Crippen LogP contribution in [0, 0.1) is 0 Å². The highest BCUT2D eigenvalue weighted by molar-refractivity contribution is 5.33. The highest BCUT2D eigenvalue weighted by atomic mass is 16.5. The number of hydrogen-bond acceptors (Lipinski definition) is 4. The van der Waals surface area contributed by atoms with Crippen molar-refractivity contribution in [1.82, 2.24) is 20.1 Å². The van der Waals surface area contributed by atoms with Gasteiger partial charge in [0.2, 0.25) is 0 Å². The first kappa shape index (κ1) is 16.8. The molecule has 1 aromatic carbocycles. The molecular formula is C21H24N4O. The summed E-state index contributed by atoms with van der Waals surface area (Å²) in [5, 5.41) is 7.04. The number of aromatic amines is 1. The number of H-pyrrole nitrogens is 1. The standard InChI is InChI=1S/C21H24N4O/c1-2-8-21(26-16-17-5-3-9-22-11-17)19(6-1)15-25-10-4-7-18(14-25)20-12-23-24-13-20/h1-3,5-6,8-9,11-13,18H,4,7,10,14-16H2,(H,23,24)/t18-/m1/s1. The molecule has 3 heterocycles. The van der Waals surface area contributed by atoms with Gasteiger partial charge in [0.25, 0.3) is 0 Å². The molecule has 0 aliphatic carbocycles. The molecule has 4 rings (SSSR count). The molecule has 1 aliphatic heterocycles. The summed E-state index contributed by atoms with van der Waals surface area (Å²) < 4.78 is 6.08. The molecule has 1 saturated heterocycles. The van der Waals surface area contributed by atoms with Crippen molar-refractivity contribution in [1.29, 1.82) is 0 Å². The molecule has 0 spiro atoms. The number of piperidine rings is 1. The van der Waals surface area contributed by atoms with E-state index >= 15 is 0 Å². The minimum absolute atomic E-state index is 0.544. The van der Waals surface area contributed by atoms with E-state index in [-0.39, 0.29) is 0 Å². The molecule has 2 aromatic heterocycles. The van der Waals surface area contributed by atoms with Gasteiger partial charge in [-0.05, 0) is 43.0 Å².